The molecule has 0 aliphatic carbocycles. The maximum Gasteiger partial charge on any atom is 0.336 e. The standard InChI is InChI=1S/C21H18N4O4S/c1-13(26)23-15-4-3-5-16(9-15)25-12-22-24-21(25)30-11-14-8-20(27)29-19-10-17(28-2)6-7-18(14)19/h3-10,12H,11H2,1-2H3,(H,23,26). The normalized spacial score (nSPS) is 10.9. The number of carbonyl (C=O) groups excluding carboxylic acids is 1. The Morgan fingerprint density at radius 1 is 1.23 bits per heavy atom. The van der Waals surface area contributed by atoms with Gasteiger partial charge in [-0.1, -0.05) is 17.8 Å². The summed E-state index contributed by atoms with van der Waals surface area (Å²) < 4.78 is 12.3. The smallest absolute Gasteiger partial charge is 0.336 e. The largest absolute Gasteiger partial charge is 0.497 e. The molecule has 0 saturated heterocycles. The summed E-state index contributed by atoms with van der Waals surface area (Å²) in [5.41, 5.74) is 2.38. The van der Waals surface area contributed by atoms with Crippen molar-refractivity contribution in [2.75, 3.05) is 12.4 Å². The summed E-state index contributed by atoms with van der Waals surface area (Å²) in [5, 5.41) is 12.5. The molecule has 0 saturated carbocycles. The summed E-state index contributed by atoms with van der Waals surface area (Å²) >= 11 is 1.45. The van der Waals surface area contributed by atoms with Crippen molar-refractivity contribution in [1.82, 2.24) is 14.8 Å². The first-order chi connectivity index (χ1) is 14.5. The molecule has 30 heavy (non-hydrogen) atoms. The molecule has 0 spiro atoms. The number of ether oxygens (including phenoxy) is 1. The number of fused-ring (bicyclic) bond motifs is 1. The highest BCUT2D eigenvalue weighted by Gasteiger charge is 2.12. The van der Waals surface area contributed by atoms with Gasteiger partial charge in [-0.25, -0.2) is 4.79 Å². The van der Waals surface area contributed by atoms with E-state index in [1.165, 1.54) is 24.8 Å². The van der Waals surface area contributed by atoms with Crippen molar-refractivity contribution in [1.29, 1.82) is 0 Å². The average Bonchev–Trinajstić information content (AvgIpc) is 3.19. The van der Waals surface area contributed by atoms with Crippen molar-refractivity contribution in [3.8, 4) is 11.4 Å². The topological polar surface area (TPSA) is 99.3 Å². The minimum Gasteiger partial charge on any atom is -0.497 e. The highest BCUT2D eigenvalue weighted by atomic mass is 32.2. The van der Waals surface area contributed by atoms with Gasteiger partial charge in [0.2, 0.25) is 5.91 Å². The van der Waals surface area contributed by atoms with Crippen LogP contribution in [0.15, 0.2) is 69.2 Å². The van der Waals surface area contributed by atoms with Crippen molar-refractivity contribution in [3.63, 3.8) is 0 Å². The third-order valence-corrected chi connectivity index (χ3v) is 5.35. The molecule has 1 N–H and O–H groups in total. The lowest BCUT2D eigenvalue weighted by Gasteiger charge is -2.09. The predicted octanol–water partition coefficient (Wildman–Crippen LogP) is 3.63. The minimum atomic E-state index is -0.421. The Bertz CT molecular complexity index is 1280. The van der Waals surface area contributed by atoms with E-state index in [9.17, 15) is 9.59 Å². The second kappa shape index (κ2) is 8.42. The number of amides is 1. The number of hydrogen-bond acceptors (Lipinski definition) is 7. The Morgan fingerprint density at radius 2 is 2.10 bits per heavy atom. The van der Waals surface area contributed by atoms with Gasteiger partial charge in [-0.05, 0) is 35.9 Å². The van der Waals surface area contributed by atoms with Crippen molar-refractivity contribution < 1.29 is 13.9 Å². The molecule has 0 fully saturated rings. The number of methoxy groups -OCH3 is 1. The van der Waals surface area contributed by atoms with E-state index >= 15 is 0 Å². The van der Waals surface area contributed by atoms with Crippen LogP contribution >= 0.6 is 11.8 Å². The first-order valence-corrected chi connectivity index (χ1v) is 10.0. The SMILES string of the molecule is COc1ccc2c(CSc3nncn3-c3cccc(NC(C)=O)c3)cc(=O)oc2c1. The Hall–Kier alpha value is -3.59. The fraction of sp³-hybridized carbons (Fsp3) is 0.143. The van der Waals surface area contributed by atoms with Crippen molar-refractivity contribution in [3.05, 3.63) is 70.8 Å². The van der Waals surface area contributed by atoms with Crippen LogP contribution in [-0.2, 0) is 10.5 Å². The molecule has 9 heteroatoms. The van der Waals surface area contributed by atoms with Gasteiger partial charge in [0, 0.05) is 35.9 Å². The summed E-state index contributed by atoms with van der Waals surface area (Å²) in [6, 6.07) is 14.3. The fourth-order valence-electron chi connectivity index (χ4n) is 3.04. The van der Waals surface area contributed by atoms with E-state index in [0.29, 0.717) is 27.9 Å². The van der Waals surface area contributed by atoms with E-state index in [-0.39, 0.29) is 5.91 Å². The number of benzene rings is 2. The lowest BCUT2D eigenvalue weighted by molar-refractivity contribution is -0.114. The third-order valence-electron chi connectivity index (χ3n) is 4.36. The van der Waals surface area contributed by atoms with Gasteiger partial charge in [0.1, 0.15) is 17.7 Å². The summed E-state index contributed by atoms with van der Waals surface area (Å²) in [6.45, 7) is 1.46. The van der Waals surface area contributed by atoms with Gasteiger partial charge >= 0.3 is 5.63 Å². The zero-order valence-corrected chi connectivity index (χ0v) is 17.1. The zero-order valence-electron chi connectivity index (χ0n) is 16.3. The van der Waals surface area contributed by atoms with E-state index in [1.54, 1.807) is 19.5 Å². The quantitative estimate of drug-likeness (QED) is 0.374. The lowest BCUT2D eigenvalue weighted by atomic mass is 10.1. The highest BCUT2D eigenvalue weighted by molar-refractivity contribution is 7.98. The molecule has 0 aliphatic heterocycles. The van der Waals surface area contributed by atoms with E-state index in [1.807, 2.05) is 41.0 Å². The number of aromatic nitrogens is 3. The fourth-order valence-corrected chi connectivity index (χ4v) is 3.96. The number of thioether (sulfide) groups is 1. The first kappa shape index (κ1) is 19.7. The number of carbonyl (C=O) groups is 1. The van der Waals surface area contributed by atoms with Gasteiger partial charge in [-0.2, -0.15) is 0 Å². The Kier molecular flexibility index (Phi) is 5.53. The van der Waals surface area contributed by atoms with Crippen LogP contribution in [-0.4, -0.2) is 27.8 Å². The van der Waals surface area contributed by atoms with Crippen LogP contribution in [0.25, 0.3) is 16.7 Å². The zero-order chi connectivity index (χ0) is 21.1. The molecule has 152 valence electrons. The molecule has 0 bridgehead atoms. The molecule has 1 amide bonds. The molecule has 2 heterocycles. The molecule has 4 aromatic rings. The lowest BCUT2D eigenvalue weighted by Crippen LogP contribution is -2.06. The maximum atomic E-state index is 12.0. The van der Waals surface area contributed by atoms with Crippen LogP contribution in [0.5, 0.6) is 5.75 Å². The predicted molar refractivity (Wildman–Crippen MR) is 114 cm³/mol. The Labute approximate surface area is 175 Å². The van der Waals surface area contributed by atoms with Crippen LogP contribution in [0.3, 0.4) is 0 Å². The molecular weight excluding hydrogens is 404 g/mol. The van der Waals surface area contributed by atoms with Gasteiger partial charge < -0.3 is 14.5 Å². The van der Waals surface area contributed by atoms with E-state index in [0.717, 1.165) is 16.6 Å². The number of hydrogen-bond donors (Lipinski definition) is 1. The summed E-state index contributed by atoms with van der Waals surface area (Å²) in [4.78, 5) is 23.3. The number of nitrogens with one attached hydrogen (secondary N) is 1. The number of anilines is 1. The van der Waals surface area contributed by atoms with Crippen LogP contribution < -0.4 is 15.7 Å². The van der Waals surface area contributed by atoms with E-state index in [4.69, 9.17) is 9.15 Å². The Balaban J connectivity index is 1.62. The second-order valence-corrected chi connectivity index (χ2v) is 7.40. The minimum absolute atomic E-state index is 0.142. The van der Waals surface area contributed by atoms with Crippen LogP contribution in [0.4, 0.5) is 5.69 Å². The maximum absolute atomic E-state index is 12.0. The summed E-state index contributed by atoms with van der Waals surface area (Å²) in [5.74, 6) is 0.976. The van der Waals surface area contributed by atoms with Gasteiger partial charge in [0.15, 0.2) is 5.16 Å². The van der Waals surface area contributed by atoms with Crippen LogP contribution in [0.2, 0.25) is 0 Å². The molecule has 0 unspecified atom stereocenters. The van der Waals surface area contributed by atoms with E-state index < -0.39 is 5.63 Å². The summed E-state index contributed by atoms with van der Waals surface area (Å²) in [7, 11) is 1.56. The molecule has 8 nitrogen and oxygen atoms in total. The molecular formula is C21H18N4O4S. The third kappa shape index (κ3) is 4.20. The number of nitrogens with zero attached hydrogens (tertiary/aromatic N) is 3. The number of rotatable bonds is 6. The van der Waals surface area contributed by atoms with Gasteiger partial charge in [0.25, 0.3) is 0 Å². The van der Waals surface area contributed by atoms with E-state index in [2.05, 4.69) is 15.5 Å². The van der Waals surface area contributed by atoms with Crippen molar-refractivity contribution >= 4 is 34.3 Å². The van der Waals surface area contributed by atoms with Gasteiger partial charge in [-0.3, -0.25) is 9.36 Å². The Morgan fingerprint density at radius 3 is 2.90 bits per heavy atom. The second-order valence-electron chi connectivity index (χ2n) is 6.46. The van der Waals surface area contributed by atoms with Crippen molar-refractivity contribution in [2.45, 2.75) is 17.8 Å². The van der Waals surface area contributed by atoms with Gasteiger partial charge in [0.05, 0.1) is 12.8 Å². The highest BCUT2D eigenvalue weighted by Crippen LogP contribution is 2.29. The summed E-state index contributed by atoms with van der Waals surface area (Å²) in [6.07, 6.45) is 1.61. The van der Waals surface area contributed by atoms with Crippen molar-refractivity contribution in [2.24, 2.45) is 0 Å². The van der Waals surface area contributed by atoms with Crippen LogP contribution in [0.1, 0.15) is 12.5 Å². The molecule has 2 aromatic heterocycles. The average molecular weight is 422 g/mol. The molecule has 0 radical (unpaired) electrons. The molecule has 2 aromatic carbocycles. The molecule has 0 atom stereocenters. The van der Waals surface area contributed by atoms with Crippen LogP contribution in [0, 0.1) is 0 Å². The van der Waals surface area contributed by atoms with Gasteiger partial charge in [-0.15, -0.1) is 10.2 Å². The first-order valence-electron chi connectivity index (χ1n) is 9.05. The molecule has 0 aliphatic rings. The molecule has 4 rings (SSSR count). The monoisotopic (exact) mass is 422 g/mol.